The maximum atomic E-state index is 5.01. The molecule has 84 valence electrons. The molecular weight excluding hydrogens is 190 g/mol. The fourth-order valence-electron chi connectivity index (χ4n) is 2.03. The Kier molecular flexibility index (Phi) is 3.61. The van der Waals surface area contributed by atoms with E-state index in [0.29, 0.717) is 12.6 Å². The molecular formula is C11H19N3O. The largest absolute Gasteiger partial charge is 0.383 e. The van der Waals surface area contributed by atoms with Crippen LogP contribution in [0.5, 0.6) is 0 Å². The molecule has 0 aliphatic heterocycles. The molecule has 1 heterocycles. The summed E-state index contributed by atoms with van der Waals surface area (Å²) in [6, 6.07) is 2.67. The first-order chi connectivity index (χ1) is 7.38. The summed E-state index contributed by atoms with van der Waals surface area (Å²) in [6.45, 7) is 1.54. The summed E-state index contributed by atoms with van der Waals surface area (Å²) in [5.41, 5.74) is 0. The molecule has 15 heavy (non-hydrogen) atoms. The van der Waals surface area contributed by atoms with Crippen LogP contribution in [0, 0.1) is 0 Å². The molecule has 0 spiro atoms. The van der Waals surface area contributed by atoms with E-state index in [1.54, 1.807) is 7.11 Å². The van der Waals surface area contributed by atoms with Gasteiger partial charge >= 0.3 is 0 Å². The highest BCUT2D eigenvalue weighted by atomic mass is 16.5. The first kappa shape index (κ1) is 10.5. The number of hydrogen-bond acceptors (Lipinski definition) is 3. The molecule has 1 aromatic rings. The summed E-state index contributed by atoms with van der Waals surface area (Å²) in [7, 11) is 1.71. The molecule has 0 atom stereocenters. The van der Waals surface area contributed by atoms with Gasteiger partial charge in [0.2, 0.25) is 0 Å². The summed E-state index contributed by atoms with van der Waals surface area (Å²) in [5, 5.41) is 7.90. The van der Waals surface area contributed by atoms with Crippen molar-refractivity contribution in [3.8, 4) is 0 Å². The van der Waals surface area contributed by atoms with Crippen molar-refractivity contribution in [2.45, 2.75) is 38.3 Å². The molecule has 1 saturated carbocycles. The SMILES string of the molecule is COCCn1ccc(NC2CCCC2)n1. The van der Waals surface area contributed by atoms with Gasteiger partial charge in [-0.25, -0.2) is 0 Å². The Morgan fingerprint density at radius 2 is 2.33 bits per heavy atom. The van der Waals surface area contributed by atoms with Crippen molar-refractivity contribution in [3.05, 3.63) is 12.3 Å². The van der Waals surface area contributed by atoms with Crippen molar-refractivity contribution < 1.29 is 4.74 Å². The third-order valence-electron chi connectivity index (χ3n) is 2.87. The third-order valence-corrected chi connectivity index (χ3v) is 2.87. The predicted octanol–water partition coefficient (Wildman–Crippen LogP) is 1.88. The van der Waals surface area contributed by atoms with Crippen LogP contribution in [0.4, 0.5) is 5.82 Å². The van der Waals surface area contributed by atoms with E-state index in [9.17, 15) is 0 Å². The molecule has 4 nitrogen and oxygen atoms in total. The lowest BCUT2D eigenvalue weighted by Gasteiger charge is -2.09. The van der Waals surface area contributed by atoms with E-state index in [2.05, 4.69) is 10.4 Å². The zero-order valence-corrected chi connectivity index (χ0v) is 9.28. The number of anilines is 1. The van der Waals surface area contributed by atoms with Crippen LogP contribution in [-0.4, -0.2) is 29.5 Å². The van der Waals surface area contributed by atoms with Crippen LogP contribution >= 0.6 is 0 Å². The Bertz CT molecular complexity index is 292. The van der Waals surface area contributed by atoms with Crippen molar-refractivity contribution in [3.63, 3.8) is 0 Å². The van der Waals surface area contributed by atoms with Gasteiger partial charge < -0.3 is 10.1 Å². The summed E-state index contributed by atoms with van der Waals surface area (Å²) >= 11 is 0. The Labute approximate surface area is 90.6 Å². The monoisotopic (exact) mass is 209 g/mol. The van der Waals surface area contributed by atoms with E-state index < -0.39 is 0 Å². The standard InChI is InChI=1S/C11H19N3O/c1-15-9-8-14-7-6-11(13-14)12-10-4-2-3-5-10/h6-7,10H,2-5,8-9H2,1H3,(H,12,13). The van der Waals surface area contributed by atoms with Gasteiger partial charge in [-0.2, -0.15) is 5.10 Å². The maximum Gasteiger partial charge on any atom is 0.148 e. The average molecular weight is 209 g/mol. The van der Waals surface area contributed by atoms with Crippen molar-refractivity contribution in [2.75, 3.05) is 19.0 Å². The number of methoxy groups -OCH3 is 1. The van der Waals surface area contributed by atoms with E-state index in [1.165, 1.54) is 25.7 Å². The highest BCUT2D eigenvalue weighted by molar-refractivity contribution is 5.33. The molecule has 1 fully saturated rings. The molecule has 1 aromatic heterocycles. The smallest absolute Gasteiger partial charge is 0.148 e. The van der Waals surface area contributed by atoms with Gasteiger partial charge in [-0.3, -0.25) is 4.68 Å². The average Bonchev–Trinajstić information content (AvgIpc) is 2.87. The molecule has 1 aliphatic rings. The Morgan fingerprint density at radius 3 is 3.07 bits per heavy atom. The van der Waals surface area contributed by atoms with Crippen LogP contribution in [0.25, 0.3) is 0 Å². The lowest BCUT2D eigenvalue weighted by atomic mass is 10.2. The second-order valence-electron chi connectivity index (χ2n) is 4.08. The summed E-state index contributed by atoms with van der Waals surface area (Å²) < 4.78 is 6.92. The molecule has 4 heteroatoms. The molecule has 0 radical (unpaired) electrons. The third kappa shape index (κ3) is 2.96. The van der Waals surface area contributed by atoms with E-state index in [0.717, 1.165) is 12.4 Å². The Balaban J connectivity index is 1.83. The zero-order chi connectivity index (χ0) is 10.5. The lowest BCUT2D eigenvalue weighted by Crippen LogP contribution is -2.15. The molecule has 0 unspecified atom stereocenters. The first-order valence-electron chi connectivity index (χ1n) is 5.67. The van der Waals surface area contributed by atoms with E-state index in [1.807, 2.05) is 16.9 Å². The summed E-state index contributed by atoms with van der Waals surface area (Å²) in [6.07, 6.45) is 7.26. The molecule has 2 rings (SSSR count). The van der Waals surface area contributed by atoms with Crippen LogP contribution in [-0.2, 0) is 11.3 Å². The lowest BCUT2D eigenvalue weighted by molar-refractivity contribution is 0.183. The van der Waals surface area contributed by atoms with Crippen molar-refractivity contribution >= 4 is 5.82 Å². The molecule has 0 saturated heterocycles. The van der Waals surface area contributed by atoms with E-state index in [4.69, 9.17) is 4.74 Å². The Morgan fingerprint density at radius 1 is 1.53 bits per heavy atom. The number of nitrogens with one attached hydrogen (secondary N) is 1. The normalized spacial score (nSPS) is 17.1. The van der Waals surface area contributed by atoms with E-state index in [-0.39, 0.29) is 0 Å². The quantitative estimate of drug-likeness (QED) is 0.804. The van der Waals surface area contributed by atoms with Crippen molar-refractivity contribution in [1.29, 1.82) is 0 Å². The first-order valence-corrected chi connectivity index (χ1v) is 5.67. The highest BCUT2D eigenvalue weighted by Crippen LogP contribution is 2.21. The maximum absolute atomic E-state index is 5.01. The Hall–Kier alpha value is -1.03. The van der Waals surface area contributed by atoms with Crippen LogP contribution in [0.2, 0.25) is 0 Å². The second kappa shape index (κ2) is 5.16. The summed E-state index contributed by atoms with van der Waals surface area (Å²) in [4.78, 5) is 0. The molecule has 1 aliphatic carbocycles. The molecule has 1 N–H and O–H groups in total. The minimum Gasteiger partial charge on any atom is -0.383 e. The number of hydrogen-bond donors (Lipinski definition) is 1. The predicted molar refractivity (Wildman–Crippen MR) is 60.0 cm³/mol. The molecule has 0 bridgehead atoms. The number of rotatable bonds is 5. The summed E-state index contributed by atoms with van der Waals surface area (Å²) in [5.74, 6) is 0.998. The van der Waals surface area contributed by atoms with Gasteiger partial charge in [-0.05, 0) is 12.8 Å². The fourth-order valence-corrected chi connectivity index (χ4v) is 2.03. The van der Waals surface area contributed by atoms with Gasteiger partial charge in [-0.15, -0.1) is 0 Å². The van der Waals surface area contributed by atoms with Crippen molar-refractivity contribution in [2.24, 2.45) is 0 Å². The van der Waals surface area contributed by atoms with Crippen LogP contribution in [0.3, 0.4) is 0 Å². The van der Waals surface area contributed by atoms with Gasteiger partial charge in [0, 0.05) is 25.4 Å². The number of ether oxygens (including phenoxy) is 1. The van der Waals surface area contributed by atoms with Gasteiger partial charge in [0.15, 0.2) is 0 Å². The van der Waals surface area contributed by atoms with Crippen molar-refractivity contribution in [1.82, 2.24) is 9.78 Å². The minimum atomic E-state index is 0.635. The molecule has 0 aromatic carbocycles. The number of nitrogens with zero attached hydrogens (tertiary/aromatic N) is 2. The fraction of sp³-hybridized carbons (Fsp3) is 0.727. The molecule has 0 amide bonds. The minimum absolute atomic E-state index is 0.635. The second-order valence-corrected chi connectivity index (χ2v) is 4.08. The van der Waals surface area contributed by atoms with Crippen LogP contribution in [0.15, 0.2) is 12.3 Å². The van der Waals surface area contributed by atoms with Crippen LogP contribution in [0.1, 0.15) is 25.7 Å². The highest BCUT2D eigenvalue weighted by Gasteiger charge is 2.15. The van der Waals surface area contributed by atoms with Crippen LogP contribution < -0.4 is 5.32 Å². The van der Waals surface area contributed by atoms with Gasteiger partial charge in [-0.1, -0.05) is 12.8 Å². The zero-order valence-electron chi connectivity index (χ0n) is 9.28. The topological polar surface area (TPSA) is 39.1 Å². The van der Waals surface area contributed by atoms with Gasteiger partial charge in [0.25, 0.3) is 0 Å². The van der Waals surface area contributed by atoms with Gasteiger partial charge in [0.1, 0.15) is 5.82 Å². The van der Waals surface area contributed by atoms with E-state index >= 15 is 0 Å². The van der Waals surface area contributed by atoms with Gasteiger partial charge in [0.05, 0.1) is 13.2 Å². The number of aromatic nitrogens is 2.